The van der Waals surface area contributed by atoms with E-state index in [2.05, 4.69) is 15.2 Å². The van der Waals surface area contributed by atoms with Gasteiger partial charge in [0.1, 0.15) is 6.04 Å². The van der Waals surface area contributed by atoms with Gasteiger partial charge in [0.2, 0.25) is 11.8 Å². The van der Waals surface area contributed by atoms with Gasteiger partial charge in [-0.05, 0) is 19.1 Å². The third-order valence-corrected chi connectivity index (χ3v) is 4.71. The Balaban J connectivity index is 1.75. The van der Waals surface area contributed by atoms with Crippen LogP contribution in [0, 0.1) is 10.1 Å². The molecule has 3 heterocycles. The van der Waals surface area contributed by atoms with Gasteiger partial charge in [-0.25, -0.2) is 9.78 Å². The maximum absolute atomic E-state index is 12.6. The molecule has 0 amide bonds. The lowest BCUT2D eigenvalue weighted by atomic mass is 10.2. The van der Waals surface area contributed by atoms with Crippen molar-refractivity contribution in [3.05, 3.63) is 67.4 Å². The Kier molecular flexibility index (Phi) is 4.10. The van der Waals surface area contributed by atoms with Gasteiger partial charge in [-0.1, -0.05) is 0 Å². The molecule has 0 aliphatic rings. The minimum atomic E-state index is -0.537. The minimum Gasteiger partial charge on any atom is -0.418 e. The number of nitrogens with zero attached hydrogens (tertiary/aromatic N) is 7. The standard InChI is InChI=1S/C17H15N7O5/c1-9(23-8-18-13-12(23)16(25)22(3)17(26)21(13)2)14-19-20-15(29-14)10-4-6-11(7-5-10)24(27)28/h4-9H,1-3H3. The molecule has 0 saturated heterocycles. The number of non-ortho nitro benzene ring substituents is 1. The second-order valence-electron chi connectivity index (χ2n) is 6.46. The third-order valence-electron chi connectivity index (χ3n) is 4.71. The quantitative estimate of drug-likeness (QED) is 0.366. The number of nitro benzene ring substituents is 1. The van der Waals surface area contributed by atoms with Crippen molar-refractivity contribution in [3.8, 4) is 11.5 Å². The number of hydrogen-bond donors (Lipinski definition) is 0. The number of imidazole rings is 1. The average Bonchev–Trinajstić information content (AvgIpc) is 3.38. The van der Waals surface area contributed by atoms with Crippen molar-refractivity contribution in [2.24, 2.45) is 14.1 Å². The zero-order valence-corrected chi connectivity index (χ0v) is 15.6. The van der Waals surface area contributed by atoms with E-state index in [1.54, 1.807) is 11.5 Å². The van der Waals surface area contributed by atoms with Crippen molar-refractivity contribution in [3.63, 3.8) is 0 Å². The van der Waals surface area contributed by atoms with Gasteiger partial charge < -0.3 is 8.98 Å². The summed E-state index contributed by atoms with van der Waals surface area (Å²) in [5.41, 5.74) is 0.00185. The molecule has 12 heteroatoms. The molecule has 0 spiro atoms. The summed E-state index contributed by atoms with van der Waals surface area (Å²) in [6.07, 6.45) is 1.44. The largest absolute Gasteiger partial charge is 0.418 e. The Morgan fingerprint density at radius 3 is 2.45 bits per heavy atom. The fraction of sp³-hybridized carbons (Fsp3) is 0.235. The van der Waals surface area contributed by atoms with Gasteiger partial charge >= 0.3 is 5.69 Å². The van der Waals surface area contributed by atoms with E-state index < -0.39 is 22.2 Å². The van der Waals surface area contributed by atoms with Crippen LogP contribution in [0.3, 0.4) is 0 Å². The molecule has 4 aromatic rings. The Morgan fingerprint density at radius 2 is 1.79 bits per heavy atom. The second kappa shape index (κ2) is 6.51. The van der Waals surface area contributed by atoms with Gasteiger partial charge in [0, 0.05) is 31.8 Å². The van der Waals surface area contributed by atoms with Crippen LogP contribution in [0.1, 0.15) is 18.9 Å². The zero-order chi connectivity index (χ0) is 20.9. The summed E-state index contributed by atoms with van der Waals surface area (Å²) < 4.78 is 9.56. The Morgan fingerprint density at radius 1 is 1.10 bits per heavy atom. The molecule has 1 unspecified atom stereocenters. The maximum atomic E-state index is 12.6. The molecular formula is C17H15N7O5. The fourth-order valence-corrected chi connectivity index (χ4v) is 3.02. The zero-order valence-electron chi connectivity index (χ0n) is 15.6. The highest BCUT2D eigenvalue weighted by atomic mass is 16.6. The molecule has 1 aromatic carbocycles. The molecule has 0 aliphatic carbocycles. The normalized spacial score (nSPS) is 12.4. The summed E-state index contributed by atoms with van der Waals surface area (Å²) in [4.78, 5) is 39.1. The van der Waals surface area contributed by atoms with Gasteiger partial charge in [0.25, 0.3) is 11.2 Å². The number of fused-ring (bicyclic) bond motifs is 1. The summed E-state index contributed by atoms with van der Waals surface area (Å²) in [5, 5.41) is 18.8. The van der Waals surface area contributed by atoms with Gasteiger partial charge in [-0.2, -0.15) is 0 Å². The molecule has 3 aromatic heterocycles. The smallest absolute Gasteiger partial charge is 0.332 e. The monoisotopic (exact) mass is 397 g/mol. The summed E-state index contributed by atoms with van der Waals surface area (Å²) >= 11 is 0. The Labute approximate surface area is 161 Å². The average molecular weight is 397 g/mol. The highest BCUT2D eigenvalue weighted by Gasteiger charge is 2.22. The number of nitro groups is 1. The topological polar surface area (TPSA) is 144 Å². The van der Waals surface area contributed by atoms with Crippen LogP contribution in [0.2, 0.25) is 0 Å². The van der Waals surface area contributed by atoms with Crippen LogP contribution in [0.5, 0.6) is 0 Å². The Bertz CT molecular complexity index is 1360. The molecule has 0 bridgehead atoms. The van der Waals surface area contributed by atoms with Gasteiger partial charge in [0.05, 0.1) is 11.3 Å². The van der Waals surface area contributed by atoms with Crippen LogP contribution >= 0.6 is 0 Å². The lowest BCUT2D eigenvalue weighted by Gasteiger charge is -2.10. The number of hydrogen-bond acceptors (Lipinski definition) is 8. The summed E-state index contributed by atoms with van der Waals surface area (Å²) in [6.45, 7) is 1.75. The van der Waals surface area contributed by atoms with Crippen molar-refractivity contribution in [1.82, 2.24) is 28.9 Å². The first-order valence-electron chi connectivity index (χ1n) is 8.50. The molecule has 0 aliphatic heterocycles. The first kappa shape index (κ1) is 18.3. The number of aryl methyl sites for hydroxylation is 1. The van der Waals surface area contributed by atoms with E-state index in [4.69, 9.17) is 4.42 Å². The van der Waals surface area contributed by atoms with E-state index in [1.807, 2.05) is 0 Å². The first-order valence-corrected chi connectivity index (χ1v) is 8.50. The predicted octanol–water partition coefficient (Wildman–Crippen LogP) is 1.00. The van der Waals surface area contributed by atoms with Crippen LogP contribution in [-0.4, -0.2) is 33.8 Å². The summed E-state index contributed by atoms with van der Waals surface area (Å²) in [6, 6.07) is 5.17. The third kappa shape index (κ3) is 2.81. The Hall–Kier alpha value is -4.09. The van der Waals surface area contributed by atoms with Gasteiger partial charge in [-0.15, -0.1) is 10.2 Å². The van der Waals surface area contributed by atoms with E-state index in [-0.39, 0.29) is 28.6 Å². The summed E-state index contributed by atoms with van der Waals surface area (Å²) in [5.74, 6) is 0.403. The van der Waals surface area contributed by atoms with E-state index in [0.29, 0.717) is 5.56 Å². The molecule has 29 heavy (non-hydrogen) atoms. The van der Waals surface area contributed by atoms with Crippen LogP contribution in [-0.2, 0) is 14.1 Å². The van der Waals surface area contributed by atoms with Crippen LogP contribution in [0.15, 0.2) is 44.6 Å². The predicted molar refractivity (Wildman–Crippen MR) is 100 cm³/mol. The molecule has 0 fully saturated rings. The van der Waals surface area contributed by atoms with Gasteiger partial charge in [-0.3, -0.25) is 24.0 Å². The molecule has 4 rings (SSSR count). The lowest BCUT2D eigenvalue weighted by molar-refractivity contribution is -0.384. The van der Waals surface area contributed by atoms with E-state index >= 15 is 0 Å². The molecule has 0 N–H and O–H groups in total. The molecular weight excluding hydrogens is 382 g/mol. The fourth-order valence-electron chi connectivity index (χ4n) is 3.02. The first-order chi connectivity index (χ1) is 13.8. The van der Waals surface area contributed by atoms with Crippen LogP contribution in [0.4, 0.5) is 5.69 Å². The molecule has 0 radical (unpaired) electrons. The van der Waals surface area contributed by atoms with E-state index in [1.165, 1.54) is 49.3 Å². The van der Waals surface area contributed by atoms with E-state index in [9.17, 15) is 19.7 Å². The molecule has 1 atom stereocenters. The van der Waals surface area contributed by atoms with Crippen molar-refractivity contribution in [2.45, 2.75) is 13.0 Å². The lowest BCUT2D eigenvalue weighted by Crippen LogP contribution is -2.37. The van der Waals surface area contributed by atoms with Crippen molar-refractivity contribution >= 4 is 16.9 Å². The van der Waals surface area contributed by atoms with Crippen LogP contribution in [0.25, 0.3) is 22.6 Å². The molecule has 148 valence electrons. The number of aromatic nitrogens is 6. The van der Waals surface area contributed by atoms with Crippen molar-refractivity contribution in [1.29, 1.82) is 0 Å². The number of benzene rings is 1. The van der Waals surface area contributed by atoms with Crippen LogP contribution < -0.4 is 11.2 Å². The van der Waals surface area contributed by atoms with Crippen molar-refractivity contribution < 1.29 is 9.34 Å². The van der Waals surface area contributed by atoms with Gasteiger partial charge in [0.15, 0.2) is 11.2 Å². The summed E-state index contributed by atoms with van der Waals surface area (Å²) in [7, 11) is 2.93. The van der Waals surface area contributed by atoms with Crippen molar-refractivity contribution in [2.75, 3.05) is 0 Å². The highest BCUT2D eigenvalue weighted by molar-refractivity contribution is 5.70. The highest BCUT2D eigenvalue weighted by Crippen LogP contribution is 2.25. The second-order valence-corrected chi connectivity index (χ2v) is 6.46. The molecule has 0 saturated carbocycles. The maximum Gasteiger partial charge on any atom is 0.332 e. The van der Waals surface area contributed by atoms with E-state index in [0.717, 1.165) is 4.57 Å². The molecule has 12 nitrogen and oxygen atoms in total. The number of rotatable bonds is 4. The minimum absolute atomic E-state index is 0.0480. The SMILES string of the molecule is CC(c1nnc(-c2ccc([N+](=O)[O-])cc2)o1)n1cnc2c1c(=O)n(C)c(=O)n2C.